The Balaban J connectivity index is 3.68. The standard InChI is InChI=1S/C35H73N2O6P/c1-6-7-8-9-10-11-12-13-14-15-16-17-18-19-20-21-22-23-24-25-26-27-28-29-35(39)34(36-33(2)38)32-43-44(40,41)42-31-30-37(3,4)5/h34-35,39H,6-32H2,1-5H3,(H-,36,38,40,41). The minimum atomic E-state index is -4.51. The van der Waals surface area contributed by atoms with Crippen molar-refractivity contribution in [2.24, 2.45) is 0 Å². The van der Waals surface area contributed by atoms with Crippen molar-refractivity contribution in [2.75, 3.05) is 40.9 Å². The number of carbonyl (C=O) groups is 1. The van der Waals surface area contributed by atoms with Crippen molar-refractivity contribution in [1.82, 2.24) is 5.32 Å². The van der Waals surface area contributed by atoms with Crippen LogP contribution in [0.15, 0.2) is 0 Å². The second kappa shape index (κ2) is 28.7. The lowest BCUT2D eigenvalue weighted by molar-refractivity contribution is -0.870. The SMILES string of the molecule is CCCCCCCCCCCCCCCCCCCCCCCCCC(O)C(COP(=O)([O-])OCC[N+](C)(C)C)NC(C)=O. The lowest BCUT2D eigenvalue weighted by atomic mass is 10.0. The highest BCUT2D eigenvalue weighted by molar-refractivity contribution is 7.45. The molecule has 0 aliphatic rings. The molecule has 8 nitrogen and oxygen atoms in total. The van der Waals surface area contributed by atoms with E-state index in [1.807, 2.05) is 21.1 Å². The van der Waals surface area contributed by atoms with E-state index in [9.17, 15) is 19.4 Å². The van der Waals surface area contributed by atoms with E-state index in [-0.39, 0.29) is 19.1 Å². The summed E-state index contributed by atoms with van der Waals surface area (Å²) < 4.78 is 22.5. The molecule has 0 bridgehead atoms. The molecule has 0 aromatic carbocycles. The van der Waals surface area contributed by atoms with Gasteiger partial charge in [0, 0.05) is 6.92 Å². The molecule has 3 unspecified atom stereocenters. The second-order valence-electron chi connectivity index (χ2n) is 14.0. The van der Waals surface area contributed by atoms with Gasteiger partial charge in [0.15, 0.2) is 0 Å². The van der Waals surface area contributed by atoms with Gasteiger partial charge >= 0.3 is 0 Å². The molecule has 3 atom stereocenters. The van der Waals surface area contributed by atoms with Gasteiger partial charge in [0.25, 0.3) is 7.82 Å². The van der Waals surface area contributed by atoms with Crippen molar-refractivity contribution in [3.05, 3.63) is 0 Å². The van der Waals surface area contributed by atoms with E-state index < -0.39 is 20.0 Å². The lowest BCUT2D eigenvalue weighted by Gasteiger charge is -2.29. The molecular formula is C35H73N2O6P. The zero-order valence-electron chi connectivity index (χ0n) is 29.6. The molecule has 1 amide bonds. The summed E-state index contributed by atoms with van der Waals surface area (Å²) in [5.74, 6) is -0.339. The van der Waals surface area contributed by atoms with E-state index in [2.05, 4.69) is 12.2 Å². The van der Waals surface area contributed by atoms with Gasteiger partial charge in [0.1, 0.15) is 13.2 Å². The third kappa shape index (κ3) is 31.5. The molecular weight excluding hydrogens is 575 g/mol. The normalized spacial score (nSPS) is 14.8. The van der Waals surface area contributed by atoms with Gasteiger partial charge in [-0.05, 0) is 6.42 Å². The number of aliphatic hydroxyl groups excluding tert-OH is 1. The van der Waals surface area contributed by atoms with E-state index in [0.717, 1.165) is 19.3 Å². The van der Waals surface area contributed by atoms with Crippen LogP contribution in [0.3, 0.4) is 0 Å². The minimum Gasteiger partial charge on any atom is -0.756 e. The number of rotatable bonds is 33. The van der Waals surface area contributed by atoms with E-state index in [4.69, 9.17) is 9.05 Å². The number of hydrogen-bond donors (Lipinski definition) is 2. The van der Waals surface area contributed by atoms with Gasteiger partial charge in [-0.2, -0.15) is 0 Å². The largest absolute Gasteiger partial charge is 0.756 e. The van der Waals surface area contributed by atoms with Crippen LogP contribution in [-0.4, -0.2) is 68.5 Å². The highest BCUT2D eigenvalue weighted by Gasteiger charge is 2.23. The Morgan fingerprint density at radius 3 is 1.41 bits per heavy atom. The van der Waals surface area contributed by atoms with Crippen LogP contribution in [0.5, 0.6) is 0 Å². The summed E-state index contributed by atoms with van der Waals surface area (Å²) in [5, 5.41) is 13.2. The summed E-state index contributed by atoms with van der Waals surface area (Å²) in [5.41, 5.74) is 0. The molecule has 9 heteroatoms. The Bertz CT molecular complexity index is 703. The van der Waals surface area contributed by atoms with Crippen LogP contribution in [-0.2, 0) is 18.4 Å². The Morgan fingerprint density at radius 2 is 1.07 bits per heavy atom. The first-order chi connectivity index (χ1) is 21.0. The first kappa shape index (κ1) is 43.5. The molecule has 0 aliphatic carbocycles. The van der Waals surface area contributed by atoms with Crippen molar-refractivity contribution in [3.8, 4) is 0 Å². The minimum absolute atomic E-state index is 0.0111. The van der Waals surface area contributed by atoms with Crippen molar-refractivity contribution < 1.29 is 32.9 Å². The Hall–Kier alpha value is -0.500. The van der Waals surface area contributed by atoms with Crippen LogP contribution >= 0.6 is 7.82 Å². The third-order valence-electron chi connectivity index (χ3n) is 8.38. The van der Waals surface area contributed by atoms with Gasteiger partial charge in [-0.15, -0.1) is 0 Å². The highest BCUT2D eigenvalue weighted by Crippen LogP contribution is 2.38. The zero-order valence-corrected chi connectivity index (χ0v) is 30.5. The molecule has 0 aromatic rings. The Labute approximate surface area is 272 Å². The molecule has 0 aliphatic heterocycles. The highest BCUT2D eigenvalue weighted by atomic mass is 31.2. The molecule has 0 spiro atoms. The average Bonchev–Trinajstić information content (AvgIpc) is 2.94. The summed E-state index contributed by atoms with van der Waals surface area (Å²) in [7, 11) is 1.30. The van der Waals surface area contributed by atoms with Gasteiger partial charge in [-0.25, -0.2) is 0 Å². The fraction of sp³-hybridized carbons (Fsp3) is 0.971. The number of nitrogens with zero attached hydrogens (tertiary/aromatic N) is 1. The van der Waals surface area contributed by atoms with Crippen LogP contribution in [0.4, 0.5) is 0 Å². The van der Waals surface area contributed by atoms with Crippen molar-refractivity contribution in [1.29, 1.82) is 0 Å². The molecule has 44 heavy (non-hydrogen) atoms. The van der Waals surface area contributed by atoms with Crippen LogP contribution < -0.4 is 10.2 Å². The maximum Gasteiger partial charge on any atom is 0.268 e. The van der Waals surface area contributed by atoms with Gasteiger partial charge in [-0.1, -0.05) is 155 Å². The number of nitrogens with one attached hydrogen (secondary N) is 1. The van der Waals surface area contributed by atoms with Crippen LogP contribution in [0.2, 0.25) is 0 Å². The number of likely N-dealkylation sites (N-methyl/N-ethyl adjacent to an activating group) is 1. The predicted molar refractivity (Wildman–Crippen MR) is 183 cm³/mol. The van der Waals surface area contributed by atoms with Crippen LogP contribution in [0.25, 0.3) is 0 Å². The van der Waals surface area contributed by atoms with E-state index >= 15 is 0 Å². The summed E-state index contributed by atoms with van der Waals surface area (Å²) in [6, 6.07) is -0.795. The van der Waals surface area contributed by atoms with Gasteiger partial charge in [-0.3, -0.25) is 9.36 Å². The summed E-state index contributed by atoms with van der Waals surface area (Å²) in [4.78, 5) is 23.7. The first-order valence-corrected chi connectivity index (χ1v) is 19.8. The maximum atomic E-state index is 12.1. The smallest absolute Gasteiger partial charge is 0.268 e. The number of hydrogen-bond acceptors (Lipinski definition) is 6. The van der Waals surface area contributed by atoms with Crippen LogP contribution in [0, 0.1) is 0 Å². The van der Waals surface area contributed by atoms with E-state index in [0.29, 0.717) is 17.4 Å². The van der Waals surface area contributed by atoms with Crippen LogP contribution in [0.1, 0.15) is 168 Å². The molecule has 0 saturated heterocycles. The lowest BCUT2D eigenvalue weighted by Crippen LogP contribution is -2.45. The molecule has 0 saturated carbocycles. The fourth-order valence-corrected chi connectivity index (χ4v) is 6.21. The number of unbranched alkanes of at least 4 members (excludes halogenated alkanes) is 22. The summed E-state index contributed by atoms with van der Waals surface area (Å²) in [6.45, 7) is 3.80. The topological polar surface area (TPSA) is 108 Å². The zero-order chi connectivity index (χ0) is 32.9. The number of amides is 1. The van der Waals surface area contributed by atoms with Crippen molar-refractivity contribution in [2.45, 2.75) is 180 Å². The Morgan fingerprint density at radius 1 is 0.705 bits per heavy atom. The first-order valence-electron chi connectivity index (χ1n) is 18.3. The van der Waals surface area contributed by atoms with Crippen molar-refractivity contribution in [3.63, 3.8) is 0 Å². The number of quaternary nitrogens is 1. The summed E-state index contributed by atoms with van der Waals surface area (Å²) in [6.07, 6.45) is 30.3. The van der Waals surface area contributed by atoms with Gasteiger partial charge in [0.2, 0.25) is 5.91 Å². The predicted octanol–water partition coefficient (Wildman–Crippen LogP) is 8.44. The van der Waals surface area contributed by atoms with E-state index in [1.54, 1.807) is 0 Å². The molecule has 0 radical (unpaired) electrons. The number of phosphoric ester groups is 1. The number of phosphoric acid groups is 1. The molecule has 0 fully saturated rings. The van der Waals surface area contributed by atoms with E-state index in [1.165, 1.54) is 135 Å². The maximum absolute atomic E-state index is 12.1. The number of aliphatic hydroxyl groups is 1. The third-order valence-corrected chi connectivity index (χ3v) is 9.34. The fourth-order valence-electron chi connectivity index (χ4n) is 5.49. The quantitative estimate of drug-likeness (QED) is 0.0420. The molecule has 0 heterocycles. The Kier molecular flexibility index (Phi) is 28.4. The monoisotopic (exact) mass is 649 g/mol. The molecule has 0 aromatic heterocycles. The second-order valence-corrected chi connectivity index (χ2v) is 15.4. The summed E-state index contributed by atoms with van der Waals surface area (Å²) >= 11 is 0. The van der Waals surface area contributed by atoms with Gasteiger partial charge in [0.05, 0.1) is 39.9 Å². The number of carbonyl (C=O) groups excluding carboxylic acids is 1. The molecule has 0 rings (SSSR count). The molecule has 2 N–H and O–H groups in total. The average molecular weight is 649 g/mol. The molecule has 264 valence electrons. The van der Waals surface area contributed by atoms with Gasteiger partial charge < -0.3 is 28.8 Å². The van der Waals surface area contributed by atoms with Crippen molar-refractivity contribution >= 4 is 13.7 Å².